The third-order valence-corrected chi connectivity index (χ3v) is 3.03. The minimum atomic E-state index is -1.18. The van der Waals surface area contributed by atoms with Gasteiger partial charge in [-0.15, -0.1) is 0 Å². The number of carboxylic acid groups (broad SMARTS) is 1. The number of nitrogens with one attached hydrogen (secondary N) is 2. The normalized spacial score (nSPS) is 11.7. The van der Waals surface area contributed by atoms with E-state index in [-0.39, 0.29) is 13.0 Å². The van der Waals surface area contributed by atoms with Crippen LogP contribution in [0.15, 0.2) is 24.3 Å². The Morgan fingerprint density at radius 3 is 2.60 bits per heavy atom. The van der Waals surface area contributed by atoms with Crippen molar-refractivity contribution in [3.8, 4) is 0 Å². The minimum absolute atomic E-state index is 0.161. The van der Waals surface area contributed by atoms with Crippen LogP contribution in [0.1, 0.15) is 12.0 Å². The van der Waals surface area contributed by atoms with Gasteiger partial charge in [0.2, 0.25) is 0 Å². The number of ketones is 1. The van der Waals surface area contributed by atoms with Crippen LogP contribution in [0.4, 0.5) is 5.69 Å². The molecule has 0 fully saturated rings. The maximum atomic E-state index is 11.3. The van der Waals surface area contributed by atoms with Gasteiger partial charge in [0.25, 0.3) is 0 Å². The summed E-state index contributed by atoms with van der Waals surface area (Å²) in [6.45, 7) is 1.97. The highest BCUT2D eigenvalue weighted by Gasteiger charge is 2.26. The second-order valence-electron chi connectivity index (χ2n) is 4.46. The molecule has 5 N–H and O–H groups in total. The number of anilines is 1. The fourth-order valence-electron chi connectivity index (χ4n) is 1.82. The standard InChI is InChI=1S/C14H19N3O3/c1-9-4-2-3-5-11(9)17-7-6-10(14(19)20)13(16)12(18)8-15/h2-5,10,16-17H,6-8,15H2,1H3,(H,19,20). The Hall–Kier alpha value is -2.21. The lowest BCUT2D eigenvalue weighted by Crippen LogP contribution is -2.34. The van der Waals surface area contributed by atoms with Crippen LogP contribution in [-0.4, -0.2) is 35.7 Å². The van der Waals surface area contributed by atoms with Crippen molar-refractivity contribution in [2.24, 2.45) is 11.7 Å². The van der Waals surface area contributed by atoms with Crippen molar-refractivity contribution in [2.75, 3.05) is 18.4 Å². The number of nitrogens with two attached hydrogens (primary N) is 1. The fraction of sp³-hybridized carbons (Fsp3) is 0.357. The highest BCUT2D eigenvalue weighted by Crippen LogP contribution is 2.14. The van der Waals surface area contributed by atoms with Gasteiger partial charge in [-0.2, -0.15) is 0 Å². The number of aryl methyl sites for hydroxylation is 1. The van der Waals surface area contributed by atoms with Gasteiger partial charge >= 0.3 is 5.97 Å². The van der Waals surface area contributed by atoms with Gasteiger partial charge in [-0.05, 0) is 25.0 Å². The molecule has 6 nitrogen and oxygen atoms in total. The number of hydrogen-bond acceptors (Lipinski definition) is 5. The number of Topliss-reactive ketones (excluding diaryl/α,β-unsaturated/α-hetero) is 1. The molecular formula is C14H19N3O3. The molecule has 108 valence electrons. The average Bonchev–Trinajstić information content (AvgIpc) is 2.43. The Balaban J connectivity index is 2.61. The predicted octanol–water partition coefficient (Wildman–Crippen LogP) is 1.05. The highest BCUT2D eigenvalue weighted by molar-refractivity contribution is 6.42. The second-order valence-corrected chi connectivity index (χ2v) is 4.46. The summed E-state index contributed by atoms with van der Waals surface area (Å²) < 4.78 is 0. The van der Waals surface area contributed by atoms with Gasteiger partial charge in [-0.1, -0.05) is 18.2 Å². The first kappa shape index (κ1) is 15.8. The van der Waals surface area contributed by atoms with Crippen molar-refractivity contribution in [2.45, 2.75) is 13.3 Å². The Morgan fingerprint density at radius 2 is 2.05 bits per heavy atom. The van der Waals surface area contributed by atoms with Crippen LogP contribution in [0.2, 0.25) is 0 Å². The summed E-state index contributed by atoms with van der Waals surface area (Å²) in [4.78, 5) is 22.4. The Bertz CT molecular complexity index is 514. The number of benzene rings is 1. The molecule has 1 atom stereocenters. The molecule has 0 saturated carbocycles. The molecule has 0 amide bonds. The van der Waals surface area contributed by atoms with Gasteiger partial charge in [0, 0.05) is 12.2 Å². The first-order chi connectivity index (χ1) is 9.47. The molecule has 0 heterocycles. The van der Waals surface area contributed by atoms with Crippen molar-refractivity contribution in [1.29, 1.82) is 5.41 Å². The predicted molar refractivity (Wildman–Crippen MR) is 77.2 cm³/mol. The maximum Gasteiger partial charge on any atom is 0.312 e. The van der Waals surface area contributed by atoms with Crippen LogP contribution >= 0.6 is 0 Å². The van der Waals surface area contributed by atoms with E-state index in [4.69, 9.17) is 16.2 Å². The van der Waals surface area contributed by atoms with E-state index < -0.39 is 23.4 Å². The van der Waals surface area contributed by atoms with Gasteiger partial charge in [0.15, 0.2) is 5.78 Å². The number of aliphatic carboxylic acids is 1. The average molecular weight is 277 g/mol. The molecule has 1 aromatic rings. The van der Waals surface area contributed by atoms with E-state index in [0.717, 1.165) is 11.3 Å². The van der Waals surface area contributed by atoms with E-state index in [2.05, 4.69) is 5.32 Å². The first-order valence-electron chi connectivity index (χ1n) is 6.31. The fourth-order valence-corrected chi connectivity index (χ4v) is 1.82. The molecule has 0 aliphatic rings. The van der Waals surface area contributed by atoms with Crippen LogP contribution in [0.3, 0.4) is 0 Å². The third kappa shape index (κ3) is 4.17. The molecule has 1 unspecified atom stereocenters. The van der Waals surface area contributed by atoms with Crippen LogP contribution < -0.4 is 11.1 Å². The topological polar surface area (TPSA) is 116 Å². The van der Waals surface area contributed by atoms with Gasteiger partial charge in [0.05, 0.1) is 12.3 Å². The van der Waals surface area contributed by atoms with Crippen LogP contribution in [0.5, 0.6) is 0 Å². The van der Waals surface area contributed by atoms with E-state index >= 15 is 0 Å². The summed E-state index contributed by atoms with van der Waals surface area (Å²) >= 11 is 0. The third-order valence-electron chi connectivity index (χ3n) is 3.03. The molecule has 0 aliphatic heterocycles. The second kappa shape index (κ2) is 7.40. The van der Waals surface area contributed by atoms with Crippen molar-refractivity contribution in [3.05, 3.63) is 29.8 Å². The lowest BCUT2D eigenvalue weighted by atomic mass is 9.96. The summed E-state index contributed by atoms with van der Waals surface area (Å²) in [5.41, 5.74) is 6.67. The van der Waals surface area contributed by atoms with Crippen molar-refractivity contribution < 1.29 is 14.7 Å². The summed E-state index contributed by atoms with van der Waals surface area (Å²) in [6, 6.07) is 7.62. The van der Waals surface area contributed by atoms with Crippen LogP contribution in [0, 0.1) is 18.3 Å². The van der Waals surface area contributed by atoms with Crippen molar-refractivity contribution in [3.63, 3.8) is 0 Å². The monoisotopic (exact) mass is 277 g/mol. The molecule has 0 bridgehead atoms. The van der Waals surface area contributed by atoms with E-state index in [1.807, 2.05) is 31.2 Å². The number of carbonyl (C=O) groups excluding carboxylic acids is 1. The van der Waals surface area contributed by atoms with E-state index in [9.17, 15) is 9.59 Å². The van der Waals surface area contributed by atoms with Crippen LogP contribution in [0.25, 0.3) is 0 Å². The summed E-state index contributed by atoms with van der Waals surface area (Å²) in [5, 5.41) is 19.8. The van der Waals surface area contributed by atoms with Crippen molar-refractivity contribution in [1.82, 2.24) is 0 Å². The number of hydrogen-bond donors (Lipinski definition) is 4. The summed E-state index contributed by atoms with van der Waals surface area (Å²) in [7, 11) is 0. The van der Waals surface area contributed by atoms with E-state index in [0.29, 0.717) is 6.54 Å². The zero-order valence-electron chi connectivity index (χ0n) is 11.3. The summed E-state index contributed by atoms with van der Waals surface area (Å²) in [6.07, 6.45) is 0.161. The quantitative estimate of drug-likeness (QED) is 0.530. The zero-order valence-corrected chi connectivity index (χ0v) is 11.3. The molecule has 6 heteroatoms. The lowest BCUT2D eigenvalue weighted by molar-refractivity contribution is -0.139. The lowest BCUT2D eigenvalue weighted by Gasteiger charge is -2.14. The number of carboxylic acids is 1. The SMILES string of the molecule is Cc1ccccc1NCCC(C(=N)C(=O)CN)C(=O)O. The van der Waals surface area contributed by atoms with Crippen LogP contribution in [-0.2, 0) is 9.59 Å². The largest absolute Gasteiger partial charge is 0.481 e. The minimum Gasteiger partial charge on any atom is -0.481 e. The Morgan fingerprint density at radius 1 is 1.40 bits per heavy atom. The van der Waals surface area contributed by atoms with Gasteiger partial charge in [0.1, 0.15) is 5.92 Å². The molecule has 0 aliphatic carbocycles. The smallest absolute Gasteiger partial charge is 0.312 e. The molecule has 0 saturated heterocycles. The molecule has 1 aromatic carbocycles. The van der Waals surface area contributed by atoms with E-state index in [1.165, 1.54) is 0 Å². The molecular weight excluding hydrogens is 258 g/mol. The first-order valence-corrected chi connectivity index (χ1v) is 6.31. The Kier molecular flexibility index (Phi) is 5.86. The van der Waals surface area contributed by atoms with Gasteiger partial charge in [-0.3, -0.25) is 9.59 Å². The zero-order chi connectivity index (χ0) is 15.1. The molecule has 0 spiro atoms. The highest BCUT2D eigenvalue weighted by atomic mass is 16.4. The molecule has 1 rings (SSSR count). The Labute approximate surface area is 117 Å². The number of para-hydroxylation sites is 1. The van der Waals surface area contributed by atoms with Gasteiger partial charge < -0.3 is 21.6 Å². The van der Waals surface area contributed by atoms with E-state index in [1.54, 1.807) is 0 Å². The number of rotatable bonds is 8. The number of carbonyl (C=O) groups is 2. The maximum absolute atomic E-state index is 11.3. The molecule has 0 aromatic heterocycles. The summed E-state index contributed by atoms with van der Waals surface area (Å²) in [5.74, 6) is -2.93. The van der Waals surface area contributed by atoms with Gasteiger partial charge in [-0.25, -0.2) is 0 Å². The van der Waals surface area contributed by atoms with Crippen molar-refractivity contribution >= 4 is 23.2 Å². The molecule has 20 heavy (non-hydrogen) atoms. The molecule has 0 radical (unpaired) electrons.